The molecule has 1 atom stereocenters. The summed E-state index contributed by atoms with van der Waals surface area (Å²) in [7, 11) is 0. The standard InChI is InChI=1S/C13H24N2O2.ClH/c16-13(10-14-9-11-4-5-11)15-7-6-12-3-1-2-8-17-12;/h11-12,14H,1-10H2,(H,15,16);1H. The van der Waals surface area contributed by atoms with Gasteiger partial charge in [-0.1, -0.05) is 0 Å². The summed E-state index contributed by atoms with van der Waals surface area (Å²) in [5.74, 6) is 0.944. The van der Waals surface area contributed by atoms with Crippen LogP contribution in [0, 0.1) is 5.92 Å². The van der Waals surface area contributed by atoms with Crippen molar-refractivity contribution in [3.8, 4) is 0 Å². The van der Waals surface area contributed by atoms with Gasteiger partial charge in [0.1, 0.15) is 0 Å². The zero-order valence-electron chi connectivity index (χ0n) is 11.0. The summed E-state index contributed by atoms with van der Waals surface area (Å²) in [4.78, 5) is 11.5. The number of nitrogens with one attached hydrogen (secondary N) is 2. The molecular weight excluding hydrogens is 252 g/mol. The second-order valence-electron chi connectivity index (χ2n) is 5.20. The highest BCUT2D eigenvalue weighted by atomic mass is 35.5. The molecule has 0 spiro atoms. The van der Waals surface area contributed by atoms with Crippen LogP contribution in [0.25, 0.3) is 0 Å². The summed E-state index contributed by atoms with van der Waals surface area (Å²) in [5, 5.41) is 6.13. The number of hydrogen-bond donors (Lipinski definition) is 2. The highest BCUT2D eigenvalue weighted by Crippen LogP contribution is 2.27. The molecule has 0 aromatic rings. The lowest BCUT2D eigenvalue weighted by Crippen LogP contribution is -2.36. The Labute approximate surface area is 116 Å². The highest BCUT2D eigenvalue weighted by molar-refractivity contribution is 5.85. The summed E-state index contributed by atoms with van der Waals surface area (Å²) < 4.78 is 5.61. The molecule has 1 aliphatic heterocycles. The maximum atomic E-state index is 11.5. The molecule has 0 bridgehead atoms. The van der Waals surface area contributed by atoms with Crippen molar-refractivity contribution in [2.75, 3.05) is 26.2 Å². The topological polar surface area (TPSA) is 50.4 Å². The Morgan fingerprint density at radius 2 is 2.06 bits per heavy atom. The zero-order valence-corrected chi connectivity index (χ0v) is 11.8. The summed E-state index contributed by atoms with van der Waals surface area (Å²) in [6, 6.07) is 0. The summed E-state index contributed by atoms with van der Waals surface area (Å²) in [6.45, 7) is 3.09. The van der Waals surface area contributed by atoms with Gasteiger partial charge in [0, 0.05) is 13.2 Å². The first-order chi connectivity index (χ1) is 8.34. The summed E-state index contributed by atoms with van der Waals surface area (Å²) in [5.41, 5.74) is 0. The van der Waals surface area contributed by atoms with E-state index in [1.54, 1.807) is 0 Å². The molecule has 18 heavy (non-hydrogen) atoms. The van der Waals surface area contributed by atoms with E-state index in [1.165, 1.54) is 25.7 Å². The van der Waals surface area contributed by atoms with Crippen molar-refractivity contribution < 1.29 is 9.53 Å². The Morgan fingerprint density at radius 1 is 1.22 bits per heavy atom. The van der Waals surface area contributed by atoms with E-state index in [9.17, 15) is 4.79 Å². The average Bonchev–Trinajstić information content (AvgIpc) is 3.14. The average molecular weight is 277 g/mol. The molecule has 2 N–H and O–H groups in total. The van der Waals surface area contributed by atoms with Crippen LogP contribution < -0.4 is 10.6 Å². The minimum atomic E-state index is 0. The van der Waals surface area contributed by atoms with Crippen molar-refractivity contribution in [3.05, 3.63) is 0 Å². The molecule has 1 aliphatic carbocycles. The molecule has 1 amide bonds. The van der Waals surface area contributed by atoms with Crippen molar-refractivity contribution in [1.29, 1.82) is 0 Å². The van der Waals surface area contributed by atoms with E-state index in [1.807, 2.05) is 0 Å². The van der Waals surface area contributed by atoms with Gasteiger partial charge in [0.2, 0.25) is 5.91 Å². The first-order valence-electron chi connectivity index (χ1n) is 6.93. The zero-order chi connectivity index (χ0) is 11.9. The SMILES string of the molecule is Cl.O=C(CNCC1CC1)NCCC1CCCCO1. The molecule has 0 aromatic carbocycles. The van der Waals surface area contributed by atoms with E-state index in [2.05, 4.69) is 10.6 Å². The highest BCUT2D eigenvalue weighted by Gasteiger charge is 2.20. The van der Waals surface area contributed by atoms with Crippen LogP contribution in [-0.2, 0) is 9.53 Å². The van der Waals surface area contributed by atoms with E-state index in [4.69, 9.17) is 4.74 Å². The Balaban J connectivity index is 0.00000162. The van der Waals surface area contributed by atoms with Crippen LogP contribution in [0.3, 0.4) is 0 Å². The van der Waals surface area contributed by atoms with Gasteiger partial charge in [0.05, 0.1) is 12.6 Å². The molecule has 2 fully saturated rings. The second-order valence-corrected chi connectivity index (χ2v) is 5.20. The number of carbonyl (C=O) groups is 1. The van der Waals surface area contributed by atoms with Crippen molar-refractivity contribution in [2.24, 2.45) is 5.92 Å². The number of amides is 1. The number of rotatable bonds is 7. The van der Waals surface area contributed by atoms with Crippen LogP contribution in [0.2, 0.25) is 0 Å². The first-order valence-corrected chi connectivity index (χ1v) is 6.93. The summed E-state index contributed by atoms with van der Waals surface area (Å²) >= 11 is 0. The molecule has 4 nitrogen and oxygen atoms in total. The van der Waals surface area contributed by atoms with Crippen molar-refractivity contribution in [2.45, 2.75) is 44.6 Å². The van der Waals surface area contributed by atoms with Gasteiger partial charge in [0.15, 0.2) is 0 Å². The van der Waals surface area contributed by atoms with E-state index >= 15 is 0 Å². The lowest BCUT2D eigenvalue weighted by atomic mass is 10.1. The molecule has 1 heterocycles. The van der Waals surface area contributed by atoms with E-state index < -0.39 is 0 Å². The van der Waals surface area contributed by atoms with Crippen LogP contribution in [-0.4, -0.2) is 38.3 Å². The Morgan fingerprint density at radius 3 is 2.72 bits per heavy atom. The normalized spacial score (nSPS) is 23.2. The lowest BCUT2D eigenvalue weighted by molar-refractivity contribution is -0.120. The van der Waals surface area contributed by atoms with Gasteiger partial charge in [-0.25, -0.2) is 0 Å². The molecule has 1 saturated heterocycles. The molecular formula is C13H25ClN2O2. The molecule has 1 saturated carbocycles. The molecule has 2 aliphatic rings. The van der Waals surface area contributed by atoms with Gasteiger partial charge in [-0.05, 0) is 51.0 Å². The predicted octanol–water partition coefficient (Wildman–Crippen LogP) is 1.48. The van der Waals surface area contributed by atoms with Crippen LogP contribution >= 0.6 is 12.4 Å². The fourth-order valence-corrected chi connectivity index (χ4v) is 2.18. The van der Waals surface area contributed by atoms with Gasteiger partial charge in [-0.2, -0.15) is 0 Å². The minimum Gasteiger partial charge on any atom is -0.378 e. The maximum Gasteiger partial charge on any atom is 0.233 e. The predicted molar refractivity (Wildman–Crippen MR) is 74.1 cm³/mol. The number of carbonyl (C=O) groups excluding carboxylic acids is 1. The number of hydrogen-bond acceptors (Lipinski definition) is 3. The second kappa shape index (κ2) is 8.73. The number of ether oxygens (including phenoxy) is 1. The van der Waals surface area contributed by atoms with Gasteiger partial charge in [-0.15, -0.1) is 12.4 Å². The number of halogens is 1. The van der Waals surface area contributed by atoms with Gasteiger partial charge in [0.25, 0.3) is 0 Å². The third kappa shape index (κ3) is 6.57. The molecule has 1 unspecified atom stereocenters. The Kier molecular flexibility index (Phi) is 7.63. The fraction of sp³-hybridized carbons (Fsp3) is 0.923. The smallest absolute Gasteiger partial charge is 0.233 e. The van der Waals surface area contributed by atoms with Crippen LogP contribution in [0.1, 0.15) is 38.5 Å². The van der Waals surface area contributed by atoms with Gasteiger partial charge in [-0.3, -0.25) is 4.79 Å². The minimum absolute atomic E-state index is 0. The van der Waals surface area contributed by atoms with Crippen LogP contribution in [0.15, 0.2) is 0 Å². The largest absolute Gasteiger partial charge is 0.378 e. The quantitative estimate of drug-likeness (QED) is 0.741. The van der Waals surface area contributed by atoms with E-state index in [-0.39, 0.29) is 18.3 Å². The fourth-order valence-electron chi connectivity index (χ4n) is 2.18. The monoisotopic (exact) mass is 276 g/mol. The van der Waals surface area contributed by atoms with Gasteiger partial charge >= 0.3 is 0 Å². The Bertz CT molecular complexity index is 241. The Hall–Kier alpha value is -0.320. The van der Waals surface area contributed by atoms with Crippen LogP contribution in [0.4, 0.5) is 0 Å². The molecule has 5 heteroatoms. The van der Waals surface area contributed by atoms with Crippen molar-refractivity contribution in [3.63, 3.8) is 0 Å². The first kappa shape index (κ1) is 15.7. The molecule has 106 valence electrons. The van der Waals surface area contributed by atoms with Gasteiger partial charge < -0.3 is 15.4 Å². The van der Waals surface area contributed by atoms with E-state index in [0.717, 1.165) is 38.5 Å². The van der Waals surface area contributed by atoms with E-state index in [0.29, 0.717) is 12.6 Å². The van der Waals surface area contributed by atoms with Crippen molar-refractivity contribution >= 4 is 18.3 Å². The third-order valence-electron chi connectivity index (χ3n) is 3.48. The molecule has 2 rings (SSSR count). The molecule has 0 aromatic heterocycles. The maximum absolute atomic E-state index is 11.5. The lowest BCUT2D eigenvalue weighted by Gasteiger charge is -2.22. The third-order valence-corrected chi connectivity index (χ3v) is 3.48. The van der Waals surface area contributed by atoms with Crippen LogP contribution in [0.5, 0.6) is 0 Å². The summed E-state index contributed by atoms with van der Waals surface area (Å²) in [6.07, 6.45) is 7.57. The van der Waals surface area contributed by atoms with Crippen molar-refractivity contribution in [1.82, 2.24) is 10.6 Å². The molecule has 0 radical (unpaired) electrons.